The fraction of sp³-hybridized carbons (Fsp3) is 0.375. The molecule has 0 fully saturated rings. The van der Waals surface area contributed by atoms with Crippen molar-refractivity contribution in [1.29, 1.82) is 0 Å². The lowest BCUT2D eigenvalue weighted by Gasteiger charge is -2.18. The molecule has 1 aliphatic rings. The number of allylic oxidation sites excluding steroid dienone is 1. The summed E-state index contributed by atoms with van der Waals surface area (Å²) in [4.78, 5) is 0. The van der Waals surface area contributed by atoms with Crippen molar-refractivity contribution in [3.8, 4) is 0 Å². The normalized spacial score (nSPS) is 17.2. The van der Waals surface area contributed by atoms with Crippen molar-refractivity contribution in [3.05, 3.63) is 47.5 Å². The molecule has 0 saturated carbocycles. The van der Waals surface area contributed by atoms with Gasteiger partial charge in [-0.2, -0.15) is 0 Å². The van der Waals surface area contributed by atoms with Crippen LogP contribution in [0.25, 0.3) is 11.0 Å². The number of furan rings is 1. The summed E-state index contributed by atoms with van der Waals surface area (Å²) in [6.07, 6.45) is 7.95. The highest BCUT2D eigenvalue weighted by Gasteiger charge is 2.18. The molecule has 1 aliphatic carbocycles. The summed E-state index contributed by atoms with van der Waals surface area (Å²) in [5.41, 5.74) is 4.93. The molecule has 3 nitrogen and oxygen atoms in total. The smallest absolute Gasteiger partial charge is 0.134 e. The molecule has 4 heteroatoms. The van der Waals surface area contributed by atoms with Crippen LogP contribution in [0.5, 0.6) is 0 Å². The van der Waals surface area contributed by atoms with Gasteiger partial charge in [0.05, 0.1) is 6.04 Å². The van der Waals surface area contributed by atoms with E-state index in [0.29, 0.717) is 5.58 Å². The third kappa shape index (κ3) is 2.76. The van der Waals surface area contributed by atoms with Gasteiger partial charge < -0.3 is 4.42 Å². The lowest BCUT2D eigenvalue weighted by atomic mass is 9.94. The van der Waals surface area contributed by atoms with E-state index >= 15 is 0 Å². The molecule has 3 N–H and O–H groups in total. The Labute approximate surface area is 117 Å². The molecule has 3 rings (SSSR count). The first-order valence-electron chi connectivity index (χ1n) is 7.09. The fourth-order valence-electron chi connectivity index (χ4n) is 2.80. The van der Waals surface area contributed by atoms with Crippen LogP contribution in [0.4, 0.5) is 4.39 Å². The summed E-state index contributed by atoms with van der Waals surface area (Å²) < 4.78 is 19.0. The standard InChI is InChI=1S/C16H19FN2O/c17-13-6-7-15-12(9-13)10-16(20-15)14(19-18)8-11-4-2-1-3-5-11/h4,6-7,9-10,14,19H,1-3,5,8,18H2. The van der Waals surface area contributed by atoms with Crippen LogP contribution < -0.4 is 11.3 Å². The van der Waals surface area contributed by atoms with Gasteiger partial charge in [-0.05, 0) is 56.4 Å². The van der Waals surface area contributed by atoms with Crippen molar-refractivity contribution in [2.75, 3.05) is 0 Å². The van der Waals surface area contributed by atoms with E-state index in [0.717, 1.165) is 30.4 Å². The Morgan fingerprint density at radius 3 is 2.95 bits per heavy atom. The molecule has 1 aromatic heterocycles. The van der Waals surface area contributed by atoms with Crippen molar-refractivity contribution >= 4 is 11.0 Å². The van der Waals surface area contributed by atoms with Gasteiger partial charge in [0.25, 0.3) is 0 Å². The summed E-state index contributed by atoms with van der Waals surface area (Å²) >= 11 is 0. The maximum atomic E-state index is 13.2. The molecule has 1 aromatic carbocycles. The quantitative estimate of drug-likeness (QED) is 0.504. The van der Waals surface area contributed by atoms with Crippen LogP contribution in [-0.2, 0) is 0 Å². The van der Waals surface area contributed by atoms with Crippen LogP contribution in [0.15, 0.2) is 40.3 Å². The zero-order valence-electron chi connectivity index (χ0n) is 11.4. The van der Waals surface area contributed by atoms with E-state index in [1.807, 2.05) is 6.07 Å². The molecule has 1 heterocycles. The Morgan fingerprint density at radius 2 is 2.20 bits per heavy atom. The average Bonchev–Trinajstić information content (AvgIpc) is 2.88. The first-order chi connectivity index (χ1) is 9.76. The van der Waals surface area contributed by atoms with Crippen LogP contribution in [0, 0.1) is 5.82 Å². The summed E-state index contributed by atoms with van der Waals surface area (Å²) in [7, 11) is 0. The number of rotatable bonds is 4. The first-order valence-corrected chi connectivity index (χ1v) is 7.09. The molecule has 0 amide bonds. The minimum absolute atomic E-state index is 0.0604. The number of fused-ring (bicyclic) bond motifs is 1. The molecule has 1 unspecified atom stereocenters. The molecule has 2 aromatic rings. The molecular formula is C16H19FN2O. The van der Waals surface area contributed by atoms with Crippen molar-refractivity contribution in [2.45, 2.75) is 38.1 Å². The molecule has 20 heavy (non-hydrogen) atoms. The lowest BCUT2D eigenvalue weighted by molar-refractivity contribution is 0.427. The van der Waals surface area contributed by atoms with E-state index in [-0.39, 0.29) is 11.9 Å². The number of hydrogen-bond acceptors (Lipinski definition) is 3. The largest absolute Gasteiger partial charge is 0.459 e. The monoisotopic (exact) mass is 274 g/mol. The lowest BCUT2D eigenvalue weighted by Crippen LogP contribution is -2.28. The van der Waals surface area contributed by atoms with Crippen molar-refractivity contribution in [2.24, 2.45) is 5.84 Å². The molecule has 0 saturated heterocycles. The van der Waals surface area contributed by atoms with Gasteiger partial charge in [0.15, 0.2) is 0 Å². The molecule has 0 aliphatic heterocycles. The van der Waals surface area contributed by atoms with Crippen molar-refractivity contribution in [3.63, 3.8) is 0 Å². The van der Waals surface area contributed by atoms with Crippen molar-refractivity contribution in [1.82, 2.24) is 5.43 Å². The van der Waals surface area contributed by atoms with Crippen LogP contribution in [-0.4, -0.2) is 0 Å². The van der Waals surface area contributed by atoms with E-state index in [4.69, 9.17) is 10.3 Å². The zero-order chi connectivity index (χ0) is 13.9. The van der Waals surface area contributed by atoms with Crippen LogP contribution in [0.3, 0.4) is 0 Å². The van der Waals surface area contributed by atoms with Gasteiger partial charge in [-0.25, -0.2) is 9.82 Å². The Hall–Kier alpha value is -1.65. The topological polar surface area (TPSA) is 51.2 Å². The number of nitrogens with one attached hydrogen (secondary N) is 1. The Balaban J connectivity index is 1.84. The second-order valence-corrected chi connectivity index (χ2v) is 5.36. The van der Waals surface area contributed by atoms with Gasteiger partial charge in [0, 0.05) is 5.39 Å². The predicted octanol–water partition coefficient (Wildman–Crippen LogP) is 3.97. The Morgan fingerprint density at radius 1 is 1.30 bits per heavy atom. The van der Waals surface area contributed by atoms with E-state index in [2.05, 4.69) is 11.5 Å². The van der Waals surface area contributed by atoms with E-state index < -0.39 is 0 Å². The highest BCUT2D eigenvalue weighted by Crippen LogP contribution is 2.30. The minimum atomic E-state index is -0.253. The summed E-state index contributed by atoms with van der Waals surface area (Å²) in [6.45, 7) is 0. The van der Waals surface area contributed by atoms with Gasteiger partial charge in [0.2, 0.25) is 0 Å². The third-order valence-corrected chi connectivity index (χ3v) is 3.89. The first kappa shape index (κ1) is 13.3. The molecule has 0 bridgehead atoms. The molecule has 1 atom stereocenters. The van der Waals surface area contributed by atoms with Gasteiger partial charge in [-0.3, -0.25) is 5.84 Å². The fourth-order valence-corrected chi connectivity index (χ4v) is 2.80. The van der Waals surface area contributed by atoms with Gasteiger partial charge in [0.1, 0.15) is 17.2 Å². The molecule has 0 spiro atoms. The second kappa shape index (κ2) is 5.77. The Kier molecular flexibility index (Phi) is 3.85. The minimum Gasteiger partial charge on any atom is -0.459 e. The Bertz CT molecular complexity index is 632. The average molecular weight is 274 g/mol. The number of benzene rings is 1. The van der Waals surface area contributed by atoms with Crippen LogP contribution >= 0.6 is 0 Å². The van der Waals surface area contributed by atoms with Gasteiger partial charge >= 0.3 is 0 Å². The zero-order valence-corrected chi connectivity index (χ0v) is 11.4. The maximum absolute atomic E-state index is 13.2. The summed E-state index contributed by atoms with van der Waals surface area (Å²) in [5, 5.41) is 0.776. The highest BCUT2D eigenvalue weighted by atomic mass is 19.1. The summed E-state index contributed by atoms with van der Waals surface area (Å²) in [5.74, 6) is 6.17. The van der Waals surface area contributed by atoms with E-state index in [1.165, 1.54) is 30.5 Å². The molecule has 106 valence electrons. The van der Waals surface area contributed by atoms with E-state index in [9.17, 15) is 4.39 Å². The number of hydrazine groups is 1. The number of nitrogens with two attached hydrogens (primary N) is 1. The maximum Gasteiger partial charge on any atom is 0.134 e. The SMILES string of the molecule is NNC(CC1=CCCCC1)c1cc2cc(F)ccc2o1. The number of halogens is 1. The second-order valence-electron chi connectivity index (χ2n) is 5.36. The predicted molar refractivity (Wildman–Crippen MR) is 77.4 cm³/mol. The third-order valence-electron chi connectivity index (χ3n) is 3.89. The highest BCUT2D eigenvalue weighted by molar-refractivity contribution is 5.78. The number of hydrogen-bond donors (Lipinski definition) is 2. The summed E-state index contributed by atoms with van der Waals surface area (Å²) in [6, 6.07) is 6.35. The van der Waals surface area contributed by atoms with Gasteiger partial charge in [-0.15, -0.1) is 0 Å². The van der Waals surface area contributed by atoms with Crippen LogP contribution in [0.1, 0.15) is 43.9 Å². The van der Waals surface area contributed by atoms with Crippen LogP contribution in [0.2, 0.25) is 0 Å². The molecule has 0 radical (unpaired) electrons. The van der Waals surface area contributed by atoms with E-state index in [1.54, 1.807) is 6.07 Å². The van der Waals surface area contributed by atoms with Crippen molar-refractivity contribution < 1.29 is 8.81 Å². The molecular weight excluding hydrogens is 255 g/mol. The van der Waals surface area contributed by atoms with Gasteiger partial charge in [-0.1, -0.05) is 11.6 Å².